The fourth-order valence-electron chi connectivity index (χ4n) is 4.34. The Morgan fingerprint density at radius 3 is 2.10 bits per heavy atom. The van der Waals surface area contributed by atoms with Crippen molar-refractivity contribution in [1.82, 2.24) is 9.13 Å². The van der Waals surface area contributed by atoms with Crippen molar-refractivity contribution >= 4 is 38.6 Å². The quantitative estimate of drug-likeness (QED) is 0.337. The van der Waals surface area contributed by atoms with Gasteiger partial charge in [0.05, 0.1) is 16.6 Å². The molecule has 0 saturated carbocycles. The van der Waals surface area contributed by atoms with Crippen LogP contribution in [0.1, 0.15) is 10.4 Å². The highest BCUT2D eigenvalue weighted by Gasteiger charge is 2.18. The van der Waals surface area contributed by atoms with Gasteiger partial charge in [-0.2, -0.15) is 0 Å². The van der Waals surface area contributed by atoms with E-state index in [9.17, 15) is 4.79 Å². The first-order valence-corrected chi connectivity index (χ1v) is 10.0. The van der Waals surface area contributed by atoms with Crippen molar-refractivity contribution < 1.29 is 4.79 Å². The Hall–Kier alpha value is -4.11. The van der Waals surface area contributed by atoms with Crippen LogP contribution in [-0.4, -0.2) is 15.0 Å². The SMILES string of the molecule is O=C(c1ccccc1)n1c2ccccc2c2cc3ccn(-c4ccccc4)c3cc21. The first-order chi connectivity index (χ1) is 14.8. The lowest BCUT2D eigenvalue weighted by atomic mass is 10.1. The normalized spacial score (nSPS) is 11.5. The molecule has 2 aromatic heterocycles. The van der Waals surface area contributed by atoms with Gasteiger partial charge in [0.15, 0.2) is 0 Å². The van der Waals surface area contributed by atoms with Gasteiger partial charge < -0.3 is 4.57 Å². The van der Waals surface area contributed by atoms with Crippen LogP contribution in [0.5, 0.6) is 0 Å². The van der Waals surface area contributed by atoms with Crippen LogP contribution < -0.4 is 0 Å². The van der Waals surface area contributed by atoms with Gasteiger partial charge in [0.25, 0.3) is 5.91 Å². The topological polar surface area (TPSA) is 26.9 Å². The monoisotopic (exact) mass is 386 g/mol. The minimum Gasteiger partial charge on any atom is -0.316 e. The second-order valence-corrected chi connectivity index (χ2v) is 7.47. The zero-order valence-corrected chi connectivity index (χ0v) is 16.2. The molecule has 0 aliphatic heterocycles. The average Bonchev–Trinajstić information content (AvgIpc) is 3.37. The maximum atomic E-state index is 13.5. The summed E-state index contributed by atoms with van der Waals surface area (Å²) in [6.07, 6.45) is 2.09. The fraction of sp³-hybridized carbons (Fsp3) is 0. The molecule has 2 heterocycles. The largest absolute Gasteiger partial charge is 0.316 e. The van der Waals surface area contributed by atoms with E-state index < -0.39 is 0 Å². The molecule has 142 valence electrons. The van der Waals surface area contributed by atoms with Crippen molar-refractivity contribution in [3.05, 3.63) is 115 Å². The molecule has 30 heavy (non-hydrogen) atoms. The molecule has 0 atom stereocenters. The van der Waals surface area contributed by atoms with Gasteiger partial charge in [-0.15, -0.1) is 0 Å². The van der Waals surface area contributed by atoms with Crippen LogP contribution in [0.2, 0.25) is 0 Å². The third-order valence-corrected chi connectivity index (χ3v) is 5.74. The molecule has 0 bridgehead atoms. The number of rotatable bonds is 2. The smallest absolute Gasteiger partial charge is 0.262 e. The number of fused-ring (bicyclic) bond motifs is 4. The van der Waals surface area contributed by atoms with Gasteiger partial charge in [0.2, 0.25) is 0 Å². The van der Waals surface area contributed by atoms with Gasteiger partial charge in [-0.3, -0.25) is 9.36 Å². The Labute approximate surface area is 173 Å². The molecular weight excluding hydrogens is 368 g/mol. The number of carbonyl (C=O) groups is 1. The molecule has 0 N–H and O–H groups in total. The van der Waals surface area contributed by atoms with E-state index in [2.05, 4.69) is 47.2 Å². The zero-order chi connectivity index (χ0) is 20.1. The van der Waals surface area contributed by atoms with Crippen LogP contribution in [0.3, 0.4) is 0 Å². The molecule has 0 aliphatic rings. The highest BCUT2D eigenvalue weighted by Crippen LogP contribution is 2.34. The van der Waals surface area contributed by atoms with Crippen molar-refractivity contribution in [3.63, 3.8) is 0 Å². The Balaban J connectivity index is 1.70. The molecule has 0 radical (unpaired) electrons. The Morgan fingerprint density at radius 1 is 0.600 bits per heavy atom. The summed E-state index contributed by atoms with van der Waals surface area (Å²) in [5.74, 6) is -0.0148. The van der Waals surface area contributed by atoms with Gasteiger partial charge >= 0.3 is 0 Å². The number of hydrogen-bond acceptors (Lipinski definition) is 1. The van der Waals surface area contributed by atoms with Gasteiger partial charge in [-0.25, -0.2) is 0 Å². The second-order valence-electron chi connectivity index (χ2n) is 7.47. The van der Waals surface area contributed by atoms with Crippen LogP contribution >= 0.6 is 0 Å². The molecule has 6 aromatic rings. The molecule has 3 nitrogen and oxygen atoms in total. The van der Waals surface area contributed by atoms with Crippen LogP contribution in [0, 0.1) is 0 Å². The van der Waals surface area contributed by atoms with E-state index in [-0.39, 0.29) is 5.91 Å². The van der Waals surface area contributed by atoms with Gasteiger partial charge in [0.1, 0.15) is 0 Å². The standard InChI is InChI=1S/C27H18N2O/c30-27(19-9-3-1-4-10-19)29-24-14-8-7-13-22(24)23-17-20-15-16-28(25(20)18-26(23)29)21-11-5-2-6-12-21/h1-18H. The summed E-state index contributed by atoms with van der Waals surface area (Å²) in [4.78, 5) is 13.5. The van der Waals surface area contributed by atoms with Crippen molar-refractivity contribution in [2.75, 3.05) is 0 Å². The summed E-state index contributed by atoms with van der Waals surface area (Å²) < 4.78 is 4.02. The molecule has 4 aromatic carbocycles. The van der Waals surface area contributed by atoms with E-state index >= 15 is 0 Å². The van der Waals surface area contributed by atoms with E-state index in [4.69, 9.17) is 0 Å². The summed E-state index contributed by atoms with van der Waals surface area (Å²) >= 11 is 0. The maximum absolute atomic E-state index is 13.5. The van der Waals surface area contributed by atoms with Crippen molar-refractivity contribution in [2.24, 2.45) is 0 Å². The zero-order valence-electron chi connectivity index (χ0n) is 16.2. The van der Waals surface area contributed by atoms with Crippen LogP contribution in [0.15, 0.2) is 109 Å². The molecule has 3 heteroatoms. The lowest BCUT2D eigenvalue weighted by Gasteiger charge is -2.08. The molecular formula is C27H18N2O. The van der Waals surface area contributed by atoms with Crippen LogP contribution in [0.4, 0.5) is 0 Å². The van der Waals surface area contributed by atoms with Gasteiger partial charge in [-0.1, -0.05) is 54.6 Å². The van der Waals surface area contributed by atoms with Crippen molar-refractivity contribution in [3.8, 4) is 5.69 Å². The Kier molecular flexibility index (Phi) is 3.62. The van der Waals surface area contributed by atoms with Gasteiger partial charge in [-0.05, 0) is 48.5 Å². The van der Waals surface area contributed by atoms with Crippen molar-refractivity contribution in [2.45, 2.75) is 0 Å². The minimum absolute atomic E-state index is 0.0148. The second kappa shape index (κ2) is 6.46. The lowest BCUT2D eigenvalue weighted by molar-refractivity contribution is 0.0969. The van der Waals surface area contributed by atoms with E-state index in [0.717, 1.165) is 38.4 Å². The van der Waals surface area contributed by atoms with Crippen molar-refractivity contribution in [1.29, 1.82) is 0 Å². The first kappa shape index (κ1) is 16.8. The molecule has 0 fully saturated rings. The van der Waals surface area contributed by atoms with E-state index in [0.29, 0.717) is 5.56 Å². The molecule has 0 saturated heterocycles. The summed E-state index contributed by atoms with van der Waals surface area (Å²) in [5, 5.41) is 3.33. The number of benzene rings is 4. The highest BCUT2D eigenvalue weighted by molar-refractivity contribution is 6.18. The predicted octanol–water partition coefficient (Wildman–Crippen LogP) is 6.43. The Bertz CT molecular complexity index is 1540. The molecule has 0 unspecified atom stereocenters. The summed E-state index contributed by atoms with van der Waals surface area (Å²) in [7, 11) is 0. The molecule has 0 spiro atoms. The van der Waals surface area contributed by atoms with E-state index in [1.165, 1.54) is 0 Å². The summed E-state index contributed by atoms with van der Waals surface area (Å²) in [5.41, 5.74) is 4.72. The fourth-order valence-corrected chi connectivity index (χ4v) is 4.34. The third-order valence-electron chi connectivity index (χ3n) is 5.74. The van der Waals surface area contributed by atoms with Crippen LogP contribution in [-0.2, 0) is 0 Å². The van der Waals surface area contributed by atoms with E-state index in [1.807, 2.05) is 71.3 Å². The van der Waals surface area contributed by atoms with E-state index in [1.54, 1.807) is 0 Å². The summed E-state index contributed by atoms with van der Waals surface area (Å²) in [6.45, 7) is 0. The molecule has 6 rings (SSSR count). The van der Waals surface area contributed by atoms with Crippen LogP contribution in [0.25, 0.3) is 38.4 Å². The van der Waals surface area contributed by atoms with Gasteiger partial charge in [0, 0.05) is 33.6 Å². The number of carbonyl (C=O) groups excluding carboxylic acids is 1. The first-order valence-electron chi connectivity index (χ1n) is 10.0. The third kappa shape index (κ3) is 2.42. The Morgan fingerprint density at radius 2 is 1.30 bits per heavy atom. The lowest BCUT2D eigenvalue weighted by Crippen LogP contribution is -2.11. The highest BCUT2D eigenvalue weighted by atomic mass is 16.2. The minimum atomic E-state index is -0.0148. The molecule has 0 amide bonds. The summed E-state index contributed by atoms with van der Waals surface area (Å²) in [6, 6.07) is 34.3. The number of aromatic nitrogens is 2. The molecule has 0 aliphatic carbocycles. The average molecular weight is 386 g/mol. The predicted molar refractivity (Wildman–Crippen MR) is 122 cm³/mol. The number of para-hydroxylation sites is 2. The number of nitrogens with zero attached hydrogens (tertiary/aromatic N) is 2. The maximum Gasteiger partial charge on any atom is 0.262 e. The number of hydrogen-bond donors (Lipinski definition) is 0.